The van der Waals surface area contributed by atoms with Gasteiger partial charge in [-0.1, -0.05) is 18.5 Å². The molecule has 1 unspecified atom stereocenters. The molecule has 3 aromatic rings. The first-order valence-corrected chi connectivity index (χ1v) is 11.3. The Hall–Kier alpha value is -2.91. The molecule has 9 nitrogen and oxygen atoms in total. The maximum atomic E-state index is 12.8. The molecule has 1 aliphatic carbocycles. The number of rotatable bonds is 6. The summed E-state index contributed by atoms with van der Waals surface area (Å²) in [5.41, 5.74) is 16.0. The van der Waals surface area contributed by atoms with Gasteiger partial charge in [0.25, 0.3) is 0 Å². The van der Waals surface area contributed by atoms with E-state index in [1.807, 2.05) is 16.7 Å². The smallest absolute Gasteiger partial charge is 0.242 e. The van der Waals surface area contributed by atoms with Crippen LogP contribution in [0.2, 0.25) is 5.02 Å². The highest BCUT2D eigenvalue weighted by Gasteiger charge is 2.43. The SMILES string of the molecule is CCc1c(Cl)ccc(N2CCC(N)(C(=O)NC3CC3)C2)c1Cn1cnc2c(N)ncnc21. The number of aromatic nitrogens is 4. The van der Waals surface area contributed by atoms with E-state index in [0.29, 0.717) is 49.1 Å². The van der Waals surface area contributed by atoms with Crippen LogP contribution in [0.4, 0.5) is 11.5 Å². The van der Waals surface area contributed by atoms with E-state index in [2.05, 4.69) is 32.1 Å². The van der Waals surface area contributed by atoms with E-state index in [0.717, 1.165) is 41.1 Å². The number of hydrogen-bond acceptors (Lipinski definition) is 7. The van der Waals surface area contributed by atoms with Crippen molar-refractivity contribution in [3.63, 3.8) is 0 Å². The van der Waals surface area contributed by atoms with Gasteiger partial charge in [-0.05, 0) is 48.9 Å². The molecule has 1 atom stereocenters. The Labute approximate surface area is 191 Å². The largest absolute Gasteiger partial charge is 0.382 e. The van der Waals surface area contributed by atoms with Gasteiger partial charge in [0.1, 0.15) is 17.4 Å². The minimum Gasteiger partial charge on any atom is -0.382 e. The van der Waals surface area contributed by atoms with Crippen LogP contribution >= 0.6 is 11.6 Å². The molecule has 5 rings (SSSR count). The number of imidazole rings is 1. The molecule has 1 saturated carbocycles. The third-order valence-electron chi connectivity index (χ3n) is 6.47. The lowest BCUT2D eigenvalue weighted by Crippen LogP contribution is -2.56. The van der Waals surface area contributed by atoms with Crippen molar-refractivity contribution in [3.05, 3.63) is 40.9 Å². The van der Waals surface area contributed by atoms with Crippen LogP contribution in [-0.4, -0.2) is 50.1 Å². The van der Waals surface area contributed by atoms with Gasteiger partial charge in [-0.15, -0.1) is 0 Å². The molecular weight excluding hydrogens is 428 g/mol. The molecule has 1 aromatic carbocycles. The molecule has 2 aliphatic rings. The molecule has 1 saturated heterocycles. The van der Waals surface area contributed by atoms with Gasteiger partial charge >= 0.3 is 0 Å². The minimum absolute atomic E-state index is 0.0542. The first-order chi connectivity index (χ1) is 15.4. The van der Waals surface area contributed by atoms with Crippen LogP contribution in [0, 0.1) is 0 Å². The van der Waals surface area contributed by atoms with Crippen molar-refractivity contribution < 1.29 is 4.79 Å². The summed E-state index contributed by atoms with van der Waals surface area (Å²) >= 11 is 6.58. The van der Waals surface area contributed by atoms with E-state index in [1.54, 1.807) is 6.33 Å². The highest BCUT2D eigenvalue weighted by molar-refractivity contribution is 6.31. The van der Waals surface area contributed by atoms with Crippen molar-refractivity contribution >= 4 is 40.2 Å². The lowest BCUT2D eigenvalue weighted by atomic mass is 9.98. The number of carbonyl (C=O) groups is 1. The molecular formula is C22H27ClN8O. The van der Waals surface area contributed by atoms with E-state index in [9.17, 15) is 4.79 Å². The Bertz CT molecular complexity index is 1190. The predicted octanol–water partition coefficient (Wildman–Crippen LogP) is 1.86. The van der Waals surface area contributed by atoms with Gasteiger partial charge in [0.15, 0.2) is 11.5 Å². The second-order valence-corrected chi connectivity index (χ2v) is 9.16. The first kappa shape index (κ1) is 21.0. The Morgan fingerprint density at radius 3 is 2.84 bits per heavy atom. The number of halogens is 1. The lowest BCUT2D eigenvalue weighted by molar-refractivity contribution is -0.125. The van der Waals surface area contributed by atoms with E-state index in [1.165, 1.54) is 6.33 Å². The number of nitrogens with two attached hydrogens (primary N) is 2. The molecule has 1 amide bonds. The van der Waals surface area contributed by atoms with Crippen molar-refractivity contribution in [1.29, 1.82) is 0 Å². The van der Waals surface area contributed by atoms with Crippen LogP contribution < -0.4 is 21.7 Å². The monoisotopic (exact) mass is 454 g/mol. The summed E-state index contributed by atoms with van der Waals surface area (Å²) < 4.78 is 1.95. The third kappa shape index (κ3) is 3.65. The molecule has 168 valence electrons. The number of anilines is 2. The summed E-state index contributed by atoms with van der Waals surface area (Å²) in [4.78, 5) is 27.8. The molecule has 2 aromatic heterocycles. The number of benzene rings is 1. The standard InChI is InChI=1S/C22H27ClN8O/c1-2-14-15(9-31-12-28-18-19(24)26-11-27-20(18)31)17(6-5-16(14)23)30-8-7-22(25,10-30)21(32)29-13-3-4-13/h5-6,11-13H,2-4,7-10,25H2,1H3,(H,29,32)(H2,24,26,27). The van der Waals surface area contributed by atoms with Crippen molar-refractivity contribution in [3.8, 4) is 0 Å². The summed E-state index contributed by atoms with van der Waals surface area (Å²) in [5.74, 6) is 0.298. The van der Waals surface area contributed by atoms with Gasteiger partial charge in [-0.25, -0.2) is 15.0 Å². The molecule has 32 heavy (non-hydrogen) atoms. The van der Waals surface area contributed by atoms with Crippen LogP contribution in [0.25, 0.3) is 11.2 Å². The summed E-state index contributed by atoms with van der Waals surface area (Å²) in [6.45, 7) is 3.77. The first-order valence-electron chi connectivity index (χ1n) is 11.0. The molecule has 0 radical (unpaired) electrons. The number of carbonyl (C=O) groups excluding carboxylic acids is 1. The Morgan fingerprint density at radius 1 is 1.28 bits per heavy atom. The third-order valence-corrected chi connectivity index (χ3v) is 6.82. The van der Waals surface area contributed by atoms with E-state index < -0.39 is 5.54 Å². The van der Waals surface area contributed by atoms with Crippen molar-refractivity contribution in [1.82, 2.24) is 24.8 Å². The predicted molar refractivity (Wildman–Crippen MR) is 125 cm³/mol. The topological polar surface area (TPSA) is 128 Å². The average Bonchev–Trinajstić information content (AvgIpc) is 3.35. The Balaban J connectivity index is 1.49. The fraction of sp³-hybridized carbons (Fsp3) is 0.455. The normalized spacial score (nSPS) is 20.8. The molecule has 10 heteroatoms. The molecule has 0 spiro atoms. The Kier molecular flexibility index (Phi) is 5.17. The number of hydrogen-bond donors (Lipinski definition) is 3. The highest BCUT2D eigenvalue weighted by Crippen LogP contribution is 2.35. The number of nitrogens with one attached hydrogen (secondary N) is 1. The van der Waals surface area contributed by atoms with E-state index in [-0.39, 0.29) is 5.91 Å². The van der Waals surface area contributed by atoms with E-state index in [4.69, 9.17) is 23.1 Å². The fourth-order valence-electron chi connectivity index (χ4n) is 4.47. The van der Waals surface area contributed by atoms with Crippen LogP contribution in [0.15, 0.2) is 24.8 Å². The molecule has 3 heterocycles. The molecule has 5 N–H and O–H groups in total. The van der Waals surface area contributed by atoms with Crippen LogP contribution in [0.1, 0.15) is 37.3 Å². The number of fused-ring (bicyclic) bond motifs is 1. The number of nitrogen functional groups attached to an aromatic ring is 1. The zero-order chi connectivity index (χ0) is 22.5. The summed E-state index contributed by atoms with van der Waals surface area (Å²) in [6.07, 6.45) is 6.62. The number of amides is 1. The fourth-order valence-corrected chi connectivity index (χ4v) is 4.78. The second kappa shape index (κ2) is 7.90. The maximum Gasteiger partial charge on any atom is 0.242 e. The zero-order valence-corrected chi connectivity index (χ0v) is 18.8. The van der Waals surface area contributed by atoms with Gasteiger partial charge in [-0.3, -0.25) is 4.79 Å². The van der Waals surface area contributed by atoms with E-state index >= 15 is 0 Å². The minimum atomic E-state index is -0.894. The van der Waals surface area contributed by atoms with Crippen molar-refractivity contribution in [2.75, 3.05) is 23.7 Å². The van der Waals surface area contributed by atoms with Crippen LogP contribution in [-0.2, 0) is 17.8 Å². The Morgan fingerprint density at radius 2 is 2.09 bits per heavy atom. The quantitative estimate of drug-likeness (QED) is 0.518. The van der Waals surface area contributed by atoms with Crippen molar-refractivity contribution in [2.45, 2.75) is 50.7 Å². The van der Waals surface area contributed by atoms with Crippen LogP contribution in [0.5, 0.6) is 0 Å². The highest BCUT2D eigenvalue weighted by atomic mass is 35.5. The second-order valence-electron chi connectivity index (χ2n) is 8.76. The van der Waals surface area contributed by atoms with Gasteiger partial charge in [-0.2, -0.15) is 0 Å². The molecule has 0 bridgehead atoms. The zero-order valence-electron chi connectivity index (χ0n) is 18.0. The van der Waals surface area contributed by atoms with Crippen molar-refractivity contribution in [2.24, 2.45) is 5.73 Å². The number of nitrogens with zero attached hydrogens (tertiary/aromatic N) is 5. The maximum absolute atomic E-state index is 12.8. The summed E-state index contributed by atoms with van der Waals surface area (Å²) in [5, 5.41) is 3.78. The lowest BCUT2D eigenvalue weighted by Gasteiger charge is -2.27. The molecule has 2 fully saturated rings. The summed E-state index contributed by atoms with van der Waals surface area (Å²) in [7, 11) is 0. The molecule has 1 aliphatic heterocycles. The summed E-state index contributed by atoms with van der Waals surface area (Å²) in [6, 6.07) is 4.23. The average molecular weight is 455 g/mol. The van der Waals surface area contributed by atoms with Gasteiger partial charge < -0.3 is 26.3 Å². The van der Waals surface area contributed by atoms with Gasteiger partial charge in [0, 0.05) is 29.8 Å². The van der Waals surface area contributed by atoms with Gasteiger partial charge in [0.05, 0.1) is 12.9 Å². The van der Waals surface area contributed by atoms with Crippen LogP contribution in [0.3, 0.4) is 0 Å². The van der Waals surface area contributed by atoms with Gasteiger partial charge in [0.2, 0.25) is 5.91 Å².